The third-order valence-corrected chi connectivity index (χ3v) is 2.08. The highest BCUT2D eigenvalue weighted by atomic mass is 16.5. The minimum absolute atomic E-state index is 0.354. The maximum absolute atomic E-state index is 11.2. The van der Waals surface area contributed by atoms with Crippen molar-refractivity contribution in [2.45, 2.75) is 6.92 Å². The average molecular weight is 191 g/mol. The van der Waals surface area contributed by atoms with E-state index < -0.39 is 0 Å². The molecule has 0 aliphatic heterocycles. The number of esters is 1. The molecule has 2 rings (SSSR count). The van der Waals surface area contributed by atoms with Crippen molar-refractivity contribution in [1.29, 1.82) is 0 Å². The van der Waals surface area contributed by atoms with Crippen molar-refractivity contribution in [3.63, 3.8) is 0 Å². The van der Waals surface area contributed by atoms with Crippen molar-refractivity contribution < 1.29 is 14.1 Å². The molecular formula is C10H9NO3. The Kier molecular flexibility index (Phi) is 1.96. The maximum atomic E-state index is 11.2. The fourth-order valence-electron chi connectivity index (χ4n) is 1.31. The van der Waals surface area contributed by atoms with Crippen LogP contribution in [0, 0.1) is 6.92 Å². The molecule has 0 fully saturated rings. The third-order valence-electron chi connectivity index (χ3n) is 2.08. The molecule has 0 amide bonds. The first-order valence-corrected chi connectivity index (χ1v) is 4.16. The predicted molar refractivity (Wildman–Crippen MR) is 50.1 cm³/mol. The largest absolute Gasteiger partial charge is 0.465 e. The van der Waals surface area contributed by atoms with Gasteiger partial charge in [-0.25, -0.2) is 4.79 Å². The van der Waals surface area contributed by atoms with E-state index in [4.69, 9.17) is 4.52 Å². The molecule has 0 saturated heterocycles. The van der Waals surface area contributed by atoms with Gasteiger partial charge in [0.25, 0.3) is 0 Å². The van der Waals surface area contributed by atoms with Crippen molar-refractivity contribution in [3.8, 4) is 0 Å². The average Bonchev–Trinajstić information content (AvgIpc) is 2.59. The molecule has 4 heteroatoms. The lowest BCUT2D eigenvalue weighted by Crippen LogP contribution is -2.00. The summed E-state index contributed by atoms with van der Waals surface area (Å²) in [6.45, 7) is 1.80. The summed E-state index contributed by atoms with van der Waals surface area (Å²) < 4.78 is 9.59. The number of nitrogens with zero attached hydrogens (tertiary/aromatic N) is 1. The number of rotatable bonds is 1. The SMILES string of the molecule is COC(=O)c1ccc2noc(C)c2c1. The monoisotopic (exact) mass is 191 g/mol. The summed E-state index contributed by atoms with van der Waals surface area (Å²) >= 11 is 0. The summed E-state index contributed by atoms with van der Waals surface area (Å²) in [6, 6.07) is 5.11. The molecule has 14 heavy (non-hydrogen) atoms. The number of hydrogen-bond acceptors (Lipinski definition) is 4. The molecule has 1 aromatic heterocycles. The van der Waals surface area contributed by atoms with E-state index in [1.165, 1.54) is 7.11 Å². The van der Waals surface area contributed by atoms with Gasteiger partial charge in [0.15, 0.2) is 0 Å². The Morgan fingerprint density at radius 1 is 1.50 bits per heavy atom. The molecule has 0 saturated carbocycles. The maximum Gasteiger partial charge on any atom is 0.337 e. The molecule has 2 aromatic rings. The highest BCUT2D eigenvalue weighted by molar-refractivity contribution is 5.94. The van der Waals surface area contributed by atoms with Crippen molar-refractivity contribution >= 4 is 16.9 Å². The van der Waals surface area contributed by atoms with Crippen molar-refractivity contribution in [2.24, 2.45) is 0 Å². The van der Waals surface area contributed by atoms with Crippen molar-refractivity contribution in [3.05, 3.63) is 29.5 Å². The van der Waals surface area contributed by atoms with Gasteiger partial charge in [0.1, 0.15) is 11.3 Å². The van der Waals surface area contributed by atoms with Crippen LogP contribution in [0.1, 0.15) is 16.1 Å². The third kappa shape index (κ3) is 1.25. The number of aromatic nitrogens is 1. The number of benzene rings is 1. The zero-order valence-electron chi connectivity index (χ0n) is 7.90. The van der Waals surface area contributed by atoms with Gasteiger partial charge in [0.2, 0.25) is 0 Å². The number of aryl methyl sites for hydroxylation is 1. The Morgan fingerprint density at radius 2 is 2.29 bits per heavy atom. The minimum atomic E-state index is -0.354. The van der Waals surface area contributed by atoms with Crippen LogP contribution >= 0.6 is 0 Å². The van der Waals surface area contributed by atoms with E-state index in [-0.39, 0.29) is 5.97 Å². The molecule has 0 atom stereocenters. The van der Waals surface area contributed by atoms with Gasteiger partial charge in [-0.3, -0.25) is 0 Å². The summed E-state index contributed by atoms with van der Waals surface area (Å²) in [5, 5.41) is 4.66. The molecule has 72 valence electrons. The number of fused-ring (bicyclic) bond motifs is 1. The van der Waals surface area contributed by atoms with Gasteiger partial charge in [-0.05, 0) is 25.1 Å². The number of ether oxygens (including phenoxy) is 1. The van der Waals surface area contributed by atoms with Crippen LogP contribution in [0.25, 0.3) is 10.9 Å². The molecular weight excluding hydrogens is 182 g/mol. The van der Waals surface area contributed by atoms with E-state index >= 15 is 0 Å². The van der Waals surface area contributed by atoms with Gasteiger partial charge in [0.05, 0.1) is 12.7 Å². The Labute approximate surface area is 80.4 Å². The van der Waals surface area contributed by atoms with Gasteiger partial charge in [-0.1, -0.05) is 5.16 Å². The smallest absolute Gasteiger partial charge is 0.337 e. The second-order valence-electron chi connectivity index (χ2n) is 2.96. The lowest BCUT2D eigenvalue weighted by Gasteiger charge is -1.97. The van der Waals surface area contributed by atoms with E-state index in [0.717, 1.165) is 10.9 Å². The second-order valence-corrected chi connectivity index (χ2v) is 2.96. The quantitative estimate of drug-likeness (QED) is 0.646. The molecule has 0 unspecified atom stereocenters. The van der Waals surface area contributed by atoms with Crippen molar-refractivity contribution in [1.82, 2.24) is 5.16 Å². The molecule has 0 aliphatic rings. The van der Waals surface area contributed by atoms with Crippen LogP contribution in [-0.4, -0.2) is 18.2 Å². The Morgan fingerprint density at radius 3 is 3.00 bits per heavy atom. The van der Waals surface area contributed by atoms with E-state index in [1.807, 2.05) is 0 Å². The number of carbonyl (C=O) groups excluding carboxylic acids is 1. The van der Waals surface area contributed by atoms with Crippen LogP contribution in [0.5, 0.6) is 0 Å². The number of carbonyl (C=O) groups is 1. The predicted octanol–water partition coefficient (Wildman–Crippen LogP) is 1.92. The minimum Gasteiger partial charge on any atom is -0.465 e. The zero-order chi connectivity index (χ0) is 10.1. The summed E-state index contributed by atoms with van der Waals surface area (Å²) in [5.41, 5.74) is 1.25. The highest BCUT2D eigenvalue weighted by Gasteiger charge is 2.09. The first kappa shape index (κ1) is 8.74. The standard InChI is InChI=1S/C10H9NO3/c1-6-8-5-7(10(12)13-2)3-4-9(8)11-14-6/h3-5H,1-2H3. The van der Waals surface area contributed by atoms with E-state index in [0.29, 0.717) is 11.3 Å². The fourth-order valence-corrected chi connectivity index (χ4v) is 1.31. The Hall–Kier alpha value is -1.84. The second kappa shape index (κ2) is 3.14. The van der Waals surface area contributed by atoms with Crippen LogP contribution in [-0.2, 0) is 4.74 Å². The van der Waals surface area contributed by atoms with E-state index in [1.54, 1.807) is 25.1 Å². The summed E-state index contributed by atoms with van der Waals surface area (Å²) in [7, 11) is 1.35. The lowest BCUT2D eigenvalue weighted by atomic mass is 10.1. The Balaban J connectivity index is 2.60. The molecule has 0 bridgehead atoms. The normalized spacial score (nSPS) is 10.4. The van der Waals surface area contributed by atoms with Gasteiger partial charge >= 0.3 is 5.97 Å². The molecule has 1 aromatic carbocycles. The molecule has 1 heterocycles. The van der Waals surface area contributed by atoms with Gasteiger partial charge in [-0.2, -0.15) is 0 Å². The van der Waals surface area contributed by atoms with Crippen LogP contribution in [0.2, 0.25) is 0 Å². The highest BCUT2D eigenvalue weighted by Crippen LogP contribution is 2.19. The molecule has 0 N–H and O–H groups in total. The van der Waals surface area contributed by atoms with Gasteiger partial charge < -0.3 is 9.26 Å². The molecule has 0 radical (unpaired) electrons. The molecule has 4 nitrogen and oxygen atoms in total. The van der Waals surface area contributed by atoms with Crippen LogP contribution in [0.3, 0.4) is 0 Å². The van der Waals surface area contributed by atoms with E-state index in [2.05, 4.69) is 9.89 Å². The first-order chi connectivity index (χ1) is 6.72. The van der Waals surface area contributed by atoms with Crippen LogP contribution < -0.4 is 0 Å². The topological polar surface area (TPSA) is 52.3 Å². The number of methoxy groups -OCH3 is 1. The summed E-state index contributed by atoms with van der Waals surface area (Å²) in [6.07, 6.45) is 0. The Bertz CT molecular complexity index is 487. The molecule has 0 spiro atoms. The van der Waals surface area contributed by atoms with Crippen LogP contribution in [0.15, 0.2) is 22.7 Å². The van der Waals surface area contributed by atoms with Gasteiger partial charge in [0, 0.05) is 5.39 Å². The lowest BCUT2D eigenvalue weighted by molar-refractivity contribution is 0.0601. The van der Waals surface area contributed by atoms with Gasteiger partial charge in [-0.15, -0.1) is 0 Å². The summed E-state index contributed by atoms with van der Waals surface area (Å²) in [4.78, 5) is 11.2. The number of hydrogen-bond donors (Lipinski definition) is 0. The van der Waals surface area contributed by atoms with Crippen LogP contribution in [0.4, 0.5) is 0 Å². The van der Waals surface area contributed by atoms with E-state index in [9.17, 15) is 4.79 Å². The first-order valence-electron chi connectivity index (χ1n) is 4.16. The zero-order valence-corrected chi connectivity index (χ0v) is 7.90. The summed E-state index contributed by atoms with van der Waals surface area (Å²) in [5.74, 6) is 0.346. The van der Waals surface area contributed by atoms with Crippen molar-refractivity contribution in [2.75, 3.05) is 7.11 Å². The molecule has 0 aliphatic carbocycles. The fraction of sp³-hybridized carbons (Fsp3) is 0.200.